The Morgan fingerprint density at radius 1 is 0.966 bits per heavy atom. The lowest BCUT2D eigenvalue weighted by molar-refractivity contribution is -0.140. The third kappa shape index (κ3) is 4.36. The number of rotatable bonds is 7. The molecule has 1 aliphatic heterocycles. The van der Waals surface area contributed by atoms with Crippen molar-refractivity contribution in [2.75, 3.05) is 19.7 Å². The molecular weight excluding hydrogens is 370 g/mol. The zero-order chi connectivity index (χ0) is 20.3. The van der Waals surface area contributed by atoms with Crippen molar-refractivity contribution in [2.24, 2.45) is 11.3 Å². The van der Waals surface area contributed by atoms with Gasteiger partial charge in [0.2, 0.25) is 0 Å². The van der Waals surface area contributed by atoms with Crippen molar-refractivity contribution in [2.45, 2.75) is 25.9 Å². The van der Waals surface area contributed by atoms with Gasteiger partial charge in [0.1, 0.15) is 6.61 Å². The van der Waals surface area contributed by atoms with E-state index in [0.29, 0.717) is 31.2 Å². The molecule has 1 amide bonds. The summed E-state index contributed by atoms with van der Waals surface area (Å²) in [6, 6.07) is 17.2. The van der Waals surface area contributed by atoms with Gasteiger partial charge in [-0.2, -0.15) is 0 Å². The summed E-state index contributed by atoms with van der Waals surface area (Å²) in [6.45, 7) is 1.56. The van der Waals surface area contributed by atoms with Gasteiger partial charge in [0, 0.05) is 13.1 Å². The van der Waals surface area contributed by atoms with Crippen LogP contribution in [0.2, 0.25) is 0 Å². The molecule has 1 unspecified atom stereocenters. The number of carboxylic acids is 1. The van der Waals surface area contributed by atoms with E-state index in [0.717, 1.165) is 24.8 Å². The van der Waals surface area contributed by atoms with Gasteiger partial charge in [0.25, 0.3) is 5.91 Å². The fourth-order valence-corrected chi connectivity index (χ4v) is 4.11. The molecule has 2 fully saturated rings. The molecule has 1 saturated carbocycles. The van der Waals surface area contributed by atoms with E-state index in [-0.39, 0.29) is 23.8 Å². The van der Waals surface area contributed by atoms with Crippen LogP contribution >= 0.6 is 0 Å². The molecule has 1 N–H and O–H groups in total. The highest BCUT2D eigenvalue weighted by atomic mass is 16.5. The lowest BCUT2D eigenvalue weighted by atomic mass is 9.91. The summed E-state index contributed by atoms with van der Waals surface area (Å²) in [4.78, 5) is 25.5. The normalized spacial score (nSPS) is 19.6. The Balaban J connectivity index is 1.28. The van der Waals surface area contributed by atoms with Gasteiger partial charge in [-0.25, -0.2) is 0 Å². The molecule has 1 saturated heterocycles. The molecule has 1 spiro atoms. The highest BCUT2D eigenvalue weighted by molar-refractivity contribution is 5.78. The van der Waals surface area contributed by atoms with Crippen molar-refractivity contribution >= 4 is 11.9 Å². The topological polar surface area (TPSA) is 76.1 Å². The SMILES string of the molecule is O=C(O)C1CC12CCN(C(=O)COc1ccccc1OCc1ccccc1)CC2. The second-order valence-corrected chi connectivity index (χ2v) is 7.85. The molecule has 2 aromatic rings. The van der Waals surface area contributed by atoms with Crippen molar-refractivity contribution in [3.8, 4) is 11.5 Å². The van der Waals surface area contributed by atoms with E-state index in [4.69, 9.17) is 9.47 Å². The molecule has 152 valence electrons. The minimum Gasteiger partial charge on any atom is -0.485 e. The molecule has 1 atom stereocenters. The Kier molecular flexibility index (Phi) is 5.43. The first-order valence-corrected chi connectivity index (χ1v) is 9.96. The molecule has 2 aromatic carbocycles. The van der Waals surface area contributed by atoms with Crippen molar-refractivity contribution < 1.29 is 24.2 Å². The Hall–Kier alpha value is -3.02. The van der Waals surface area contributed by atoms with Gasteiger partial charge in [-0.3, -0.25) is 9.59 Å². The molecule has 29 heavy (non-hydrogen) atoms. The summed E-state index contributed by atoms with van der Waals surface area (Å²) in [7, 11) is 0. The maximum atomic E-state index is 12.6. The maximum absolute atomic E-state index is 12.6. The Morgan fingerprint density at radius 2 is 1.59 bits per heavy atom. The van der Waals surface area contributed by atoms with E-state index in [1.165, 1.54) is 0 Å². The Labute approximate surface area is 170 Å². The fourth-order valence-electron chi connectivity index (χ4n) is 4.11. The van der Waals surface area contributed by atoms with Crippen LogP contribution in [0.5, 0.6) is 11.5 Å². The summed E-state index contributed by atoms with van der Waals surface area (Å²) in [5.41, 5.74) is 0.974. The van der Waals surface area contributed by atoms with E-state index in [9.17, 15) is 14.7 Å². The van der Waals surface area contributed by atoms with Gasteiger partial charge in [0.05, 0.1) is 5.92 Å². The number of hydrogen-bond donors (Lipinski definition) is 1. The third-order valence-electron chi connectivity index (χ3n) is 6.04. The largest absolute Gasteiger partial charge is 0.485 e. The fraction of sp³-hybridized carbons (Fsp3) is 0.391. The molecule has 1 heterocycles. The number of benzene rings is 2. The predicted octanol–water partition coefficient (Wildman–Crippen LogP) is 3.36. The van der Waals surface area contributed by atoms with Gasteiger partial charge >= 0.3 is 5.97 Å². The molecule has 4 rings (SSSR count). The van der Waals surface area contributed by atoms with Gasteiger partial charge in [-0.15, -0.1) is 0 Å². The van der Waals surface area contributed by atoms with Gasteiger partial charge < -0.3 is 19.5 Å². The maximum Gasteiger partial charge on any atom is 0.307 e. The van der Waals surface area contributed by atoms with Crippen LogP contribution in [-0.2, 0) is 16.2 Å². The number of piperidine rings is 1. The molecule has 0 aromatic heterocycles. The number of carboxylic acid groups (broad SMARTS) is 1. The molecule has 6 heteroatoms. The average molecular weight is 395 g/mol. The minimum absolute atomic E-state index is 0.0545. The molecular formula is C23H25NO5. The van der Waals surface area contributed by atoms with Crippen molar-refractivity contribution in [3.05, 3.63) is 60.2 Å². The first kappa shape index (κ1) is 19.3. The van der Waals surface area contributed by atoms with Crippen LogP contribution in [0.3, 0.4) is 0 Å². The van der Waals surface area contributed by atoms with Crippen LogP contribution in [0.25, 0.3) is 0 Å². The first-order chi connectivity index (χ1) is 14.1. The molecule has 0 radical (unpaired) electrons. The summed E-state index contributed by atoms with van der Waals surface area (Å²) < 4.78 is 11.6. The van der Waals surface area contributed by atoms with E-state index < -0.39 is 5.97 Å². The number of amides is 1. The predicted molar refractivity (Wildman–Crippen MR) is 107 cm³/mol. The number of nitrogens with zero attached hydrogens (tertiary/aromatic N) is 1. The summed E-state index contributed by atoms with van der Waals surface area (Å²) >= 11 is 0. The van der Waals surface area contributed by atoms with Gasteiger partial charge in [-0.1, -0.05) is 42.5 Å². The van der Waals surface area contributed by atoms with Crippen LogP contribution in [-0.4, -0.2) is 41.6 Å². The van der Waals surface area contributed by atoms with E-state index in [1.54, 1.807) is 11.0 Å². The number of hydrogen-bond acceptors (Lipinski definition) is 4. The van der Waals surface area contributed by atoms with Crippen LogP contribution in [0.4, 0.5) is 0 Å². The zero-order valence-corrected chi connectivity index (χ0v) is 16.3. The number of carbonyl (C=O) groups is 2. The number of likely N-dealkylation sites (tertiary alicyclic amines) is 1. The zero-order valence-electron chi connectivity index (χ0n) is 16.3. The first-order valence-electron chi connectivity index (χ1n) is 9.96. The molecule has 2 aliphatic rings. The highest BCUT2D eigenvalue weighted by Crippen LogP contribution is 2.59. The van der Waals surface area contributed by atoms with Gasteiger partial charge in [0.15, 0.2) is 18.1 Å². The number of ether oxygens (including phenoxy) is 2. The molecule has 0 bridgehead atoms. The number of carbonyl (C=O) groups excluding carboxylic acids is 1. The van der Waals surface area contributed by atoms with Crippen LogP contribution in [0, 0.1) is 11.3 Å². The summed E-state index contributed by atoms with van der Waals surface area (Å²) in [6.07, 6.45) is 2.26. The monoisotopic (exact) mass is 395 g/mol. The second kappa shape index (κ2) is 8.15. The Morgan fingerprint density at radius 3 is 2.21 bits per heavy atom. The standard InChI is InChI=1S/C23H25NO5/c25-21(24-12-10-23(11-13-24)14-18(23)22(26)27)16-29-20-9-5-4-8-19(20)28-15-17-6-2-1-3-7-17/h1-9,18H,10-16H2,(H,26,27). The lowest BCUT2D eigenvalue weighted by Gasteiger charge is -2.32. The van der Waals surface area contributed by atoms with Crippen molar-refractivity contribution in [1.29, 1.82) is 0 Å². The summed E-state index contributed by atoms with van der Waals surface area (Å²) in [5, 5.41) is 9.19. The smallest absolute Gasteiger partial charge is 0.307 e. The third-order valence-corrected chi connectivity index (χ3v) is 6.04. The van der Waals surface area contributed by atoms with E-state index in [1.807, 2.05) is 48.5 Å². The Bertz CT molecular complexity index is 874. The second-order valence-electron chi connectivity index (χ2n) is 7.85. The summed E-state index contributed by atoms with van der Waals surface area (Å²) in [5.74, 6) is 0.123. The van der Waals surface area contributed by atoms with Crippen molar-refractivity contribution in [3.63, 3.8) is 0 Å². The van der Waals surface area contributed by atoms with E-state index >= 15 is 0 Å². The number of aliphatic carboxylic acids is 1. The lowest BCUT2D eigenvalue weighted by Crippen LogP contribution is -2.42. The van der Waals surface area contributed by atoms with Crippen LogP contribution in [0.15, 0.2) is 54.6 Å². The van der Waals surface area contributed by atoms with Crippen LogP contribution < -0.4 is 9.47 Å². The quantitative estimate of drug-likeness (QED) is 0.778. The highest BCUT2D eigenvalue weighted by Gasteiger charge is 2.59. The average Bonchev–Trinajstić information content (AvgIpc) is 3.46. The van der Waals surface area contributed by atoms with Gasteiger partial charge in [-0.05, 0) is 42.4 Å². The van der Waals surface area contributed by atoms with Crippen LogP contribution in [0.1, 0.15) is 24.8 Å². The molecule has 6 nitrogen and oxygen atoms in total. The molecule has 1 aliphatic carbocycles. The number of para-hydroxylation sites is 2. The minimum atomic E-state index is -0.708. The van der Waals surface area contributed by atoms with E-state index in [2.05, 4.69) is 0 Å². The van der Waals surface area contributed by atoms with Crippen molar-refractivity contribution in [1.82, 2.24) is 4.90 Å².